The number of halogens is 3. The Morgan fingerprint density at radius 1 is 1.24 bits per heavy atom. The molecule has 1 saturated carbocycles. The van der Waals surface area contributed by atoms with Crippen LogP contribution in [0.2, 0.25) is 0 Å². The monoisotopic (exact) mass is 359 g/mol. The summed E-state index contributed by atoms with van der Waals surface area (Å²) >= 11 is 0. The number of methoxy groups -OCH3 is 1. The smallest absolute Gasteiger partial charge is 0.305 e. The summed E-state index contributed by atoms with van der Waals surface area (Å²) in [6, 6.07) is 0.158. The molecule has 1 aliphatic rings. The van der Waals surface area contributed by atoms with Gasteiger partial charge >= 0.3 is 5.97 Å². The van der Waals surface area contributed by atoms with E-state index in [-0.39, 0.29) is 36.3 Å². The number of benzene rings is 1. The van der Waals surface area contributed by atoms with Crippen LogP contribution >= 0.6 is 0 Å². The summed E-state index contributed by atoms with van der Waals surface area (Å²) in [5.41, 5.74) is -0.191. The predicted octanol–water partition coefficient (Wildman–Crippen LogP) is 2.42. The Balaban J connectivity index is 2.02. The minimum atomic E-state index is -1.32. The summed E-state index contributed by atoms with van der Waals surface area (Å²) in [6.07, 6.45) is 1.18. The zero-order chi connectivity index (χ0) is 18.6. The van der Waals surface area contributed by atoms with Gasteiger partial charge in [0.25, 0.3) is 0 Å². The number of carbonyl (C=O) groups is 2. The van der Waals surface area contributed by atoms with E-state index in [2.05, 4.69) is 5.32 Å². The fourth-order valence-electron chi connectivity index (χ4n) is 2.98. The molecule has 0 heterocycles. The third kappa shape index (κ3) is 5.19. The van der Waals surface area contributed by atoms with E-state index in [1.165, 1.54) is 0 Å². The van der Waals surface area contributed by atoms with E-state index in [1.807, 2.05) is 0 Å². The Bertz CT molecular complexity index is 651. The third-order valence-corrected chi connectivity index (χ3v) is 4.44. The Morgan fingerprint density at radius 2 is 1.92 bits per heavy atom. The molecule has 1 amide bonds. The van der Waals surface area contributed by atoms with E-state index in [4.69, 9.17) is 9.84 Å². The highest BCUT2D eigenvalue weighted by atomic mass is 19.2. The molecular weight excluding hydrogens is 339 g/mol. The van der Waals surface area contributed by atoms with E-state index < -0.39 is 35.9 Å². The molecule has 5 nitrogen and oxygen atoms in total. The molecule has 0 bridgehead atoms. The highest BCUT2D eigenvalue weighted by molar-refractivity contribution is 5.77. The van der Waals surface area contributed by atoms with E-state index >= 15 is 0 Å². The van der Waals surface area contributed by atoms with Crippen molar-refractivity contribution in [1.82, 2.24) is 5.32 Å². The molecule has 138 valence electrons. The number of amides is 1. The van der Waals surface area contributed by atoms with Crippen LogP contribution in [0, 0.1) is 23.4 Å². The van der Waals surface area contributed by atoms with Gasteiger partial charge < -0.3 is 15.2 Å². The third-order valence-electron chi connectivity index (χ3n) is 4.44. The van der Waals surface area contributed by atoms with Crippen LogP contribution in [0.4, 0.5) is 13.2 Å². The number of carbonyl (C=O) groups excluding carboxylic acids is 1. The molecule has 3 atom stereocenters. The first kappa shape index (κ1) is 19.2. The summed E-state index contributed by atoms with van der Waals surface area (Å²) in [7, 11) is 1.56. The molecule has 1 fully saturated rings. The SMILES string of the molecule is COC1CCC1CC(=O)NC(CC(=O)O)Cc1cc(F)c(F)cc1F. The number of carboxylic acids is 1. The molecule has 0 aromatic heterocycles. The minimum absolute atomic E-state index is 0.00677. The first-order valence-electron chi connectivity index (χ1n) is 7.97. The number of nitrogens with one attached hydrogen (secondary N) is 1. The largest absolute Gasteiger partial charge is 0.481 e. The molecule has 1 aliphatic carbocycles. The Hall–Kier alpha value is -2.09. The number of hydrogen-bond donors (Lipinski definition) is 2. The van der Waals surface area contributed by atoms with Crippen molar-refractivity contribution < 1.29 is 32.6 Å². The van der Waals surface area contributed by atoms with Crippen LogP contribution in [0.1, 0.15) is 31.2 Å². The van der Waals surface area contributed by atoms with Crippen LogP contribution in [0.25, 0.3) is 0 Å². The minimum Gasteiger partial charge on any atom is -0.481 e. The summed E-state index contributed by atoms with van der Waals surface area (Å²) in [4.78, 5) is 23.1. The van der Waals surface area contributed by atoms with Crippen LogP contribution in [-0.4, -0.2) is 36.2 Å². The topological polar surface area (TPSA) is 75.6 Å². The van der Waals surface area contributed by atoms with E-state index in [1.54, 1.807) is 7.11 Å². The molecule has 0 spiro atoms. The van der Waals surface area contributed by atoms with Crippen LogP contribution in [0.3, 0.4) is 0 Å². The van der Waals surface area contributed by atoms with Crippen molar-refractivity contribution in [2.75, 3.05) is 7.11 Å². The molecule has 0 radical (unpaired) electrons. The van der Waals surface area contributed by atoms with Gasteiger partial charge in [0.1, 0.15) is 5.82 Å². The summed E-state index contributed by atoms with van der Waals surface area (Å²) < 4.78 is 45.2. The molecule has 2 rings (SSSR count). The van der Waals surface area contributed by atoms with Crippen molar-refractivity contribution in [3.05, 3.63) is 35.1 Å². The van der Waals surface area contributed by atoms with Gasteiger partial charge in [-0.05, 0) is 36.8 Å². The van der Waals surface area contributed by atoms with Crippen molar-refractivity contribution in [3.63, 3.8) is 0 Å². The zero-order valence-corrected chi connectivity index (χ0v) is 13.7. The van der Waals surface area contributed by atoms with Gasteiger partial charge in [0, 0.05) is 25.6 Å². The van der Waals surface area contributed by atoms with Crippen LogP contribution in [0.5, 0.6) is 0 Å². The maximum absolute atomic E-state index is 13.8. The molecule has 1 aromatic carbocycles. The lowest BCUT2D eigenvalue weighted by atomic mass is 9.79. The fourth-order valence-corrected chi connectivity index (χ4v) is 2.98. The summed E-state index contributed by atoms with van der Waals surface area (Å²) in [5.74, 6) is -5.03. The molecule has 3 unspecified atom stereocenters. The quantitative estimate of drug-likeness (QED) is 0.699. The molecular formula is C17H20F3NO4. The number of rotatable bonds is 8. The van der Waals surface area contributed by atoms with Gasteiger partial charge in [-0.25, -0.2) is 13.2 Å². The Morgan fingerprint density at radius 3 is 2.48 bits per heavy atom. The Labute approximate surface area is 143 Å². The molecule has 25 heavy (non-hydrogen) atoms. The second-order valence-corrected chi connectivity index (χ2v) is 6.24. The number of aliphatic carboxylic acids is 1. The van der Waals surface area contributed by atoms with Gasteiger partial charge in [-0.1, -0.05) is 0 Å². The standard InChI is InChI=1S/C17H20F3NO4/c1-25-15-3-2-9(15)6-16(22)21-11(7-17(23)24)4-10-5-13(19)14(20)8-12(10)18/h5,8-9,11,15H,2-4,6-7H2,1H3,(H,21,22)(H,23,24). The lowest BCUT2D eigenvalue weighted by Crippen LogP contribution is -2.42. The van der Waals surface area contributed by atoms with E-state index in [9.17, 15) is 22.8 Å². The van der Waals surface area contributed by atoms with E-state index in [0.29, 0.717) is 12.1 Å². The number of carboxylic acid groups (broad SMARTS) is 1. The highest BCUT2D eigenvalue weighted by Gasteiger charge is 2.33. The fraction of sp³-hybridized carbons (Fsp3) is 0.529. The van der Waals surface area contributed by atoms with Gasteiger partial charge in [-0.2, -0.15) is 0 Å². The van der Waals surface area contributed by atoms with Gasteiger partial charge in [0.15, 0.2) is 11.6 Å². The maximum Gasteiger partial charge on any atom is 0.305 e. The normalized spacial score (nSPS) is 20.6. The van der Waals surface area contributed by atoms with Gasteiger partial charge in [0.05, 0.1) is 12.5 Å². The van der Waals surface area contributed by atoms with Gasteiger partial charge in [0.2, 0.25) is 5.91 Å². The van der Waals surface area contributed by atoms with Crippen molar-refractivity contribution in [3.8, 4) is 0 Å². The van der Waals surface area contributed by atoms with Crippen molar-refractivity contribution in [2.24, 2.45) is 5.92 Å². The van der Waals surface area contributed by atoms with Crippen LogP contribution in [-0.2, 0) is 20.7 Å². The van der Waals surface area contributed by atoms with Crippen molar-refractivity contribution >= 4 is 11.9 Å². The number of hydrogen-bond acceptors (Lipinski definition) is 3. The Kier molecular flexibility index (Phi) is 6.41. The molecule has 1 aromatic rings. The van der Waals surface area contributed by atoms with Crippen molar-refractivity contribution in [2.45, 2.75) is 44.2 Å². The second kappa shape index (κ2) is 8.33. The zero-order valence-electron chi connectivity index (χ0n) is 13.7. The maximum atomic E-state index is 13.8. The first-order chi connectivity index (χ1) is 11.8. The average Bonchev–Trinajstić information content (AvgIpc) is 2.49. The van der Waals surface area contributed by atoms with E-state index in [0.717, 1.165) is 12.8 Å². The first-order valence-corrected chi connectivity index (χ1v) is 7.97. The van der Waals surface area contributed by atoms with Gasteiger partial charge in [-0.15, -0.1) is 0 Å². The second-order valence-electron chi connectivity index (χ2n) is 6.24. The van der Waals surface area contributed by atoms with Crippen molar-refractivity contribution in [1.29, 1.82) is 0 Å². The van der Waals surface area contributed by atoms with Gasteiger partial charge in [-0.3, -0.25) is 9.59 Å². The lowest BCUT2D eigenvalue weighted by molar-refractivity contribution is -0.137. The highest BCUT2D eigenvalue weighted by Crippen LogP contribution is 2.32. The molecule has 8 heteroatoms. The summed E-state index contributed by atoms with van der Waals surface area (Å²) in [6.45, 7) is 0. The average molecular weight is 359 g/mol. The number of ether oxygens (including phenoxy) is 1. The predicted molar refractivity (Wildman–Crippen MR) is 82.3 cm³/mol. The molecule has 0 saturated heterocycles. The summed E-state index contributed by atoms with van der Waals surface area (Å²) in [5, 5.41) is 11.5. The van der Waals surface area contributed by atoms with Crippen LogP contribution in [0.15, 0.2) is 12.1 Å². The van der Waals surface area contributed by atoms with Crippen LogP contribution < -0.4 is 5.32 Å². The molecule has 0 aliphatic heterocycles. The molecule has 2 N–H and O–H groups in total. The lowest BCUT2D eigenvalue weighted by Gasteiger charge is -2.35.